The van der Waals surface area contributed by atoms with E-state index in [1.807, 2.05) is 73.4 Å². The molecule has 4 N–H and O–H groups in total. The average Bonchev–Trinajstić information content (AvgIpc) is 3.55. The summed E-state index contributed by atoms with van der Waals surface area (Å²) in [5.74, 6) is -1.18. The van der Waals surface area contributed by atoms with Gasteiger partial charge in [0.1, 0.15) is 5.56 Å². The molecule has 2 aromatic rings. The second kappa shape index (κ2) is 30.1. The monoisotopic (exact) mass is 812 g/mol. The summed E-state index contributed by atoms with van der Waals surface area (Å²) >= 11 is 5.60. The predicted octanol–water partition coefficient (Wildman–Crippen LogP) is 12.7. The molecule has 9 nitrogen and oxygen atoms in total. The molecule has 0 spiro atoms. The molecule has 1 aliphatic heterocycles. The standard InChI is InChI=1S/C13H16N2O4S2.C11H14OS.C7H15NS.C6H10S.BHN.H2/c1-8(14)3-4-9(2)20-21-10-5-6-12(15(18)19)11(7-10)13(16)17;1-8(12)10-4-6-11(7-5-10)9(2)13-3;1-6(8)4-5-7(2)9-3;1-5-3-4-6(2)7-5;1-2;/h5-7,9,14H,3-4H2,1-2H3,(H,16,17);4-7,9H,1-3H3;7-8H,4-5H2,1-3H3;6H,1,3-4H2,2H3;2H;1H/i;;;;;1+2D. The molecule has 4 atom stereocenters. The van der Waals surface area contributed by atoms with Crippen LogP contribution in [0.4, 0.5) is 5.69 Å². The molecule has 1 saturated heterocycles. The number of nitro benzene ring substituents is 1. The van der Waals surface area contributed by atoms with Gasteiger partial charge in [0.25, 0.3) is 5.69 Å². The maximum absolute atomic E-state index is 11.0. The van der Waals surface area contributed by atoms with Gasteiger partial charge in [-0.2, -0.15) is 23.5 Å². The Kier molecular flexibility index (Phi) is 28.7. The Labute approximate surface area is 336 Å². The third-order valence-electron chi connectivity index (χ3n) is 7.30. The zero-order chi connectivity index (χ0) is 42.4. The van der Waals surface area contributed by atoms with E-state index in [0.717, 1.165) is 42.2 Å². The molecule has 1 heterocycles. The Morgan fingerprint density at radius 3 is 1.94 bits per heavy atom. The number of carbonyl (C=O) groups is 2. The van der Waals surface area contributed by atoms with Crippen molar-refractivity contribution >= 4 is 93.4 Å². The molecule has 0 amide bonds. The van der Waals surface area contributed by atoms with Crippen LogP contribution in [0.5, 0.6) is 0 Å². The number of carbonyl (C=O) groups excluding carboxylic acids is 1. The van der Waals surface area contributed by atoms with E-state index in [9.17, 15) is 19.7 Å². The Morgan fingerprint density at radius 1 is 1.04 bits per heavy atom. The van der Waals surface area contributed by atoms with Gasteiger partial charge in [-0.25, -0.2) is 4.79 Å². The molecule has 15 heteroatoms. The predicted molar refractivity (Wildman–Crippen MR) is 236 cm³/mol. The van der Waals surface area contributed by atoms with E-state index in [-0.39, 0.29) is 11.3 Å². The normalized spacial score (nSPS) is 14.7. The van der Waals surface area contributed by atoms with E-state index in [1.54, 1.807) is 30.7 Å². The van der Waals surface area contributed by atoms with Crippen LogP contribution in [-0.2, 0) is 0 Å². The van der Waals surface area contributed by atoms with Crippen LogP contribution in [0.25, 0.3) is 0 Å². The topological polar surface area (TPSA) is 169 Å². The number of aromatic carboxylic acids is 1. The summed E-state index contributed by atoms with van der Waals surface area (Å²) in [6.45, 7) is 17.7. The third-order valence-corrected chi connectivity index (χ3v) is 13.4. The van der Waals surface area contributed by atoms with Gasteiger partial charge >= 0.3 is 18.9 Å². The number of nitrogens with one attached hydrogen (secondary N) is 3. The summed E-state index contributed by atoms with van der Waals surface area (Å²) < 4.78 is 10.0. The van der Waals surface area contributed by atoms with E-state index in [0.29, 0.717) is 26.4 Å². The maximum atomic E-state index is 11.0. The average molecular weight is 813 g/mol. The zero-order valence-electron chi connectivity index (χ0n) is 33.9. The first-order valence-electron chi connectivity index (χ1n) is 17.6. The SMILES string of the molecule is C=C1CCC(C)S1.CC(=N)CCC(C)SSc1ccc([N+](=O)[O-])c(C(=O)O)c1.CSC(C)CCC(C)=N.CSC(C)c1ccc(C(C)=O)cc1.[2H][3H].[B]=N. The van der Waals surface area contributed by atoms with Crippen LogP contribution in [0, 0.1) is 26.2 Å². The Hall–Kier alpha value is -2.33. The summed E-state index contributed by atoms with van der Waals surface area (Å²) in [5, 5.41) is 41.9. The van der Waals surface area contributed by atoms with Crippen molar-refractivity contribution in [2.24, 2.45) is 0 Å². The van der Waals surface area contributed by atoms with Crippen LogP contribution < -0.4 is 0 Å². The molecule has 1 fully saturated rings. The molecule has 1 aliphatic rings. The van der Waals surface area contributed by atoms with Crippen molar-refractivity contribution in [2.75, 3.05) is 12.5 Å². The van der Waals surface area contributed by atoms with Gasteiger partial charge in [-0.05, 0) is 101 Å². The van der Waals surface area contributed by atoms with E-state index in [2.05, 4.69) is 47.5 Å². The van der Waals surface area contributed by atoms with Crippen molar-refractivity contribution in [2.45, 2.75) is 113 Å². The third kappa shape index (κ3) is 24.8. The van der Waals surface area contributed by atoms with E-state index in [4.69, 9.17) is 24.2 Å². The molecular formula is C37H58BN4O5S5. The Bertz CT molecular complexity index is 1440. The molecule has 289 valence electrons. The summed E-state index contributed by atoms with van der Waals surface area (Å²) in [7, 11) is 6.71. The van der Waals surface area contributed by atoms with Crippen LogP contribution in [0.3, 0.4) is 0 Å². The van der Waals surface area contributed by atoms with Gasteiger partial charge in [-0.15, -0.1) is 11.8 Å². The van der Waals surface area contributed by atoms with Crippen LogP contribution in [0.2, 0.25) is 0 Å². The molecule has 0 aromatic heterocycles. The molecular weight excluding hydrogens is 752 g/mol. The van der Waals surface area contributed by atoms with Gasteiger partial charge in [0.05, 0.1) is 4.92 Å². The number of Topliss-reactive ketones (excluding diaryl/α,β-unsaturated/α-hetero) is 1. The zero-order valence-corrected chi connectivity index (χ0v) is 36.0. The summed E-state index contributed by atoms with van der Waals surface area (Å²) in [6.07, 6.45) is 10.5. The number of nitrogens with zero attached hydrogens (tertiary/aromatic N) is 1. The quantitative estimate of drug-likeness (QED) is 0.0339. The fraction of sp³-hybridized carbons (Fsp3) is 0.514. The molecule has 0 bridgehead atoms. The van der Waals surface area contributed by atoms with Crippen molar-refractivity contribution in [1.29, 1.82) is 16.1 Å². The Morgan fingerprint density at radius 2 is 1.58 bits per heavy atom. The minimum absolute atomic E-state index is 0.128. The number of carboxylic acid groups (broad SMARTS) is 1. The second-order valence-electron chi connectivity index (χ2n) is 12.0. The van der Waals surface area contributed by atoms with Crippen LogP contribution >= 0.6 is 56.9 Å². The van der Waals surface area contributed by atoms with Gasteiger partial charge < -0.3 is 15.9 Å². The molecule has 1 radical (unpaired) electrons. The number of nitro groups is 1. The minimum atomic E-state index is -1.30. The van der Waals surface area contributed by atoms with Crippen molar-refractivity contribution < 1.29 is 22.6 Å². The number of allylic oxidation sites excluding steroid dienone is 1. The molecule has 4 unspecified atom stereocenters. The number of rotatable bonds is 15. The van der Waals surface area contributed by atoms with Gasteiger partial charge in [-0.1, -0.05) is 73.2 Å². The van der Waals surface area contributed by atoms with Crippen LogP contribution in [-0.4, -0.2) is 69.1 Å². The fourth-order valence-electron chi connectivity index (χ4n) is 3.93. The molecule has 52 heavy (non-hydrogen) atoms. The number of hydrogen-bond donors (Lipinski definition) is 4. The van der Waals surface area contributed by atoms with E-state index in [1.165, 1.54) is 46.2 Å². The molecule has 0 saturated carbocycles. The molecule has 3 rings (SSSR count). The van der Waals surface area contributed by atoms with E-state index < -0.39 is 16.6 Å². The number of hydrogen-bond acceptors (Lipinski definition) is 12. The summed E-state index contributed by atoms with van der Waals surface area (Å²) in [5.41, 5.74) is 2.80. The molecule has 2 aromatic carbocycles. The van der Waals surface area contributed by atoms with Crippen LogP contribution in [0.1, 0.15) is 121 Å². The first-order valence-corrected chi connectivity index (χ1v) is 22.3. The van der Waals surface area contributed by atoms with Crippen LogP contribution in [0.15, 0.2) is 58.8 Å². The van der Waals surface area contributed by atoms with E-state index >= 15 is 0 Å². The van der Waals surface area contributed by atoms with Crippen molar-refractivity contribution in [3.8, 4) is 0 Å². The second-order valence-corrected chi connectivity index (χ2v) is 18.8. The number of ketones is 1. The fourth-order valence-corrected chi connectivity index (χ4v) is 7.96. The Balaban J connectivity index is -0.000000672. The van der Waals surface area contributed by atoms with Gasteiger partial charge in [0, 0.05) is 51.9 Å². The first kappa shape index (κ1) is 49.7. The van der Waals surface area contributed by atoms with Gasteiger partial charge in [0.2, 0.25) is 0 Å². The van der Waals surface area contributed by atoms with Crippen molar-refractivity contribution in [3.63, 3.8) is 0 Å². The summed E-state index contributed by atoms with van der Waals surface area (Å²) in [4.78, 5) is 34.1. The van der Waals surface area contributed by atoms with Crippen molar-refractivity contribution in [1.82, 2.24) is 0 Å². The number of benzene rings is 2. The first-order chi connectivity index (χ1) is 25.4. The number of thioether (sulfide) groups is 3. The summed E-state index contributed by atoms with van der Waals surface area (Å²) in [6, 6.07) is 11.9. The molecule has 0 aliphatic carbocycles. The van der Waals surface area contributed by atoms with Gasteiger partial charge in [-0.3, -0.25) is 14.9 Å². The van der Waals surface area contributed by atoms with Crippen molar-refractivity contribution in [3.05, 3.63) is 80.8 Å². The van der Waals surface area contributed by atoms with Gasteiger partial charge in [0.15, 0.2) is 5.78 Å². The number of carboxylic acids is 1.